The van der Waals surface area contributed by atoms with Crippen LogP contribution in [0.3, 0.4) is 0 Å². The first-order chi connectivity index (χ1) is 6.79. The second-order valence-corrected chi connectivity index (χ2v) is 2.96. The lowest BCUT2D eigenvalue weighted by Crippen LogP contribution is -2.10. The summed E-state index contributed by atoms with van der Waals surface area (Å²) in [4.78, 5) is 22.0. The molecule has 0 spiro atoms. The Labute approximate surface area is 80.7 Å². The molecule has 0 unspecified atom stereocenters. The van der Waals surface area contributed by atoms with Gasteiger partial charge in [0.25, 0.3) is 5.56 Å². The van der Waals surface area contributed by atoms with E-state index in [1.165, 1.54) is 6.20 Å². The molecule has 2 rings (SSSR count). The minimum atomic E-state index is -0.179. The van der Waals surface area contributed by atoms with Crippen molar-refractivity contribution in [3.63, 3.8) is 0 Å². The molecule has 0 radical (unpaired) electrons. The van der Waals surface area contributed by atoms with Gasteiger partial charge in [0.05, 0.1) is 0 Å². The molecule has 2 aromatic heterocycles. The van der Waals surface area contributed by atoms with Crippen LogP contribution in [0.2, 0.25) is 0 Å². The summed E-state index contributed by atoms with van der Waals surface area (Å²) in [6.07, 6.45) is 6.44. The highest BCUT2D eigenvalue weighted by molar-refractivity contribution is 5.61. The molecule has 0 saturated heterocycles. The molecule has 4 heteroatoms. The molecule has 2 aromatic rings. The zero-order valence-electron chi connectivity index (χ0n) is 7.69. The highest BCUT2D eigenvalue weighted by atomic mass is 16.1. The first kappa shape index (κ1) is 8.62. The van der Waals surface area contributed by atoms with Crippen LogP contribution in [-0.4, -0.2) is 15.0 Å². The second-order valence-electron chi connectivity index (χ2n) is 2.96. The Morgan fingerprint density at radius 3 is 2.93 bits per heavy atom. The summed E-state index contributed by atoms with van der Waals surface area (Å²) in [5, 5.41) is 0. The van der Waals surface area contributed by atoms with E-state index >= 15 is 0 Å². The van der Waals surface area contributed by atoms with E-state index in [1.54, 1.807) is 24.7 Å². The molecule has 0 saturated carbocycles. The molecule has 0 fully saturated rings. The predicted molar refractivity (Wildman–Crippen MR) is 52.8 cm³/mol. The maximum atomic E-state index is 11.4. The number of H-pyrrole nitrogens is 1. The number of aryl methyl sites for hydroxylation is 1. The van der Waals surface area contributed by atoms with Gasteiger partial charge in [-0.25, -0.2) is 4.98 Å². The number of nitrogens with zero attached hydrogens (tertiary/aromatic N) is 2. The van der Waals surface area contributed by atoms with Gasteiger partial charge in [0.15, 0.2) is 0 Å². The van der Waals surface area contributed by atoms with Crippen LogP contribution < -0.4 is 5.56 Å². The van der Waals surface area contributed by atoms with E-state index in [-0.39, 0.29) is 5.56 Å². The molecular formula is C10H9N3O. The van der Waals surface area contributed by atoms with Gasteiger partial charge in [-0.2, -0.15) is 0 Å². The lowest BCUT2D eigenvalue weighted by Gasteiger charge is -2.01. The predicted octanol–water partition coefficient (Wildman–Crippen LogP) is 1.14. The summed E-state index contributed by atoms with van der Waals surface area (Å²) in [7, 11) is 0. The van der Waals surface area contributed by atoms with Gasteiger partial charge in [-0.15, -0.1) is 0 Å². The molecule has 0 aliphatic rings. The third-order valence-corrected chi connectivity index (χ3v) is 1.98. The van der Waals surface area contributed by atoms with Crippen molar-refractivity contribution in [1.82, 2.24) is 15.0 Å². The van der Waals surface area contributed by atoms with Gasteiger partial charge >= 0.3 is 0 Å². The average Bonchev–Trinajstić information content (AvgIpc) is 2.20. The fraction of sp³-hybridized carbons (Fsp3) is 0.100. The smallest absolute Gasteiger partial charge is 0.274 e. The molecule has 0 aliphatic heterocycles. The second kappa shape index (κ2) is 3.41. The van der Waals surface area contributed by atoms with Crippen LogP contribution in [0.25, 0.3) is 11.3 Å². The molecule has 0 aromatic carbocycles. The Hall–Kier alpha value is -1.97. The van der Waals surface area contributed by atoms with Crippen LogP contribution in [0.15, 0.2) is 35.6 Å². The van der Waals surface area contributed by atoms with Gasteiger partial charge in [0.1, 0.15) is 5.69 Å². The summed E-state index contributed by atoms with van der Waals surface area (Å²) in [6.45, 7) is 1.90. The number of aromatic amines is 1. The quantitative estimate of drug-likeness (QED) is 0.728. The maximum Gasteiger partial charge on any atom is 0.274 e. The molecule has 0 bridgehead atoms. The fourth-order valence-electron chi connectivity index (χ4n) is 1.28. The van der Waals surface area contributed by atoms with E-state index < -0.39 is 0 Å². The van der Waals surface area contributed by atoms with E-state index in [1.807, 2.05) is 6.92 Å². The maximum absolute atomic E-state index is 11.4. The molecule has 0 amide bonds. The molecule has 70 valence electrons. The molecule has 14 heavy (non-hydrogen) atoms. The Kier molecular flexibility index (Phi) is 2.10. The largest absolute Gasteiger partial charge is 0.326 e. The SMILES string of the molecule is Cc1cnccc1-c1ncc[nH]c1=O. The number of rotatable bonds is 1. The number of aromatic nitrogens is 3. The van der Waals surface area contributed by atoms with E-state index in [4.69, 9.17) is 0 Å². The number of pyridine rings is 1. The lowest BCUT2D eigenvalue weighted by molar-refractivity contribution is 1.13. The van der Waals surface area contributed by atoms with Crippen molar-refractivity contribution in [2.45, 2.75) is 6.92 Å². The summed E-state index contributed by atoms with van der Waals surface area (Å²) in [6, 6.07) is 1.78. The first-order valence-corrected chi connectivity index (χ1v) is 4.24. The Morgan fingerprint density at radius 2 is 2.21 bits per heavy atom. The normalized spacial score (nSPS) is 10.1. The third kappa shape index (κ3) is 1.42. The Morgan fingerprint density at radius 1 is 1.36 bits per heavy atom. The van der Waals surface area contributed by atoms with Gasteiger partial charge in [0.2, 0.25) is 0 Å². The third-order valence-electron chi connectivity index (χ3n) is 1.98. The Balaban J connectivity index is 2.67. The molecule has 0 atom stereocenters. The van der Waals surface area contributed by atoms with Crippen LogP contribution in [0, 0.1) is 6.92 Å². The van der Waals surface area contributed by atoms with E-state index in [2.05, 4.69) is 15.0 Å². The monoisotopic (exact) mass is 187 g/mol. The molecular weight excluding hydrogens is 178 g/mol. The number of hydrogen-bond acceptors (Lipinski definition) is 3. The van der Waals surface area contributed by atoms with Gasteiger partial charge in [-0.1, -0.05) is 0 Å². The summed E-state index contributed by atoms with van der Waals surface area (Å²) in [5.74, 6) is 0. The highest BCUT2D eigenvalue weighted by Crippen LogP contribution is 2.15. The van der Waals surface area contributed by atoms with Crippen molar-refractivity contribution in [1.29, 1.82) is 0 Å². The molecule has 0 aliphatic carbocycles. The number of nitrogens with one attached hydrogen (secondary N) is 1. The van der Waals surface area contributed by atoms with Gasteiger partial charge in [-0.3, -0.25) is 9.78 Å². The topological polar surface area (TPSA) is 58.6 Å². The van der Waals surface area contributed by atoms with Gasteiger partial charge in [-0.05, 0) is 18.6 Å². The molecule has 1 N–H and O–H groups in total. The van der Waals surface area contributed by atoms with E-state index in [0.717, 1.165) is 11.1 Å². The zero-order valence-corrected chi connectivity index (χ0v) is 7.69. The number of hydrogen-bond donors (Lipinski definition) is 1. The van der Waals surface area contributed by atoms with Crippen LogP contribution in [0.4, 0.5) is 0 Å². The van der Waals surface area contributed by atoms with Crippen LogP contribution in [0.1, 0.15) is 5.56 Å². The summed E-state index contributed by atoms with van der Waals surface area (Å²) < 4.78 is 0. The standard InChI is InChI=1S/C10H9N3O/c1-7-6-11-3-2-8(7)9-10(14)13-5-4-12-9/h2-6H,1H3,(H,13,14). The van der Waals surface area contributed by atoms with Crippen LogP contribution in [0.5, 0.6) is 0 Å². The van der Waals surface area contributed by atoms with Gasteiger partial charge in [0, 0.05) is 30.4 Å². The highest BCUT2D eigenvalue weighted by Gasteiger charge is 2.05. The molecule has 4 nitrogen and oxygen atoms in total. The fourth-order valence-corrected chi connectivity index (χ4v) is 1.28. The van der Waals surface area contributed by atoms with Crippen LogP contribution in [-0.2, 0) is 0 Å². The van der Waals surface area contributed by atoms with Crippen molar-refractivity contribution in [2.75, 3.05) is 0 Å². The van der Waals surface area contributed by atoms with E-state index in [0.29, 0.717) is 5.69 Å². The first-order valence-electron chi connectivity index (χ1n) is 4.24. The Bertz CT molecular complexity index is 504. The van der Waals surface area contributed by atoms with Crippen molar-refractivity contribution in [3.8, 4) is 11.3 Å². The summed E-state index contributed by atoms with van der Waals surface area (Å²) in [5.41, 5.74) is 2.02. The van der Waals surface area contributed by atoms with Crippen LogP contribution >= 0.6 is 0 Å². The van der Waals surface area contributed by atoms with Crippen molar-refractivity contribution in [2.24, 2.45) is 0 Å². The minimum Gasteiger partial charge on any atom is -0.326 e. The van der Waals surface area contributed by atoms with Crippen molar-refractivity contribution < 1.29 is 0 Å². The average molecular weight is 187 g/mol. The lowest BCUT2D eigenvalue weighted by atomic mass is 10.1. The molecule has 2 heterocycles. The van der Waals surface area contributed by atoms with Gasteiger partial charge < -0.3 is 4.98 Å². The summed E-state index contributed by atoms with van der Waals surface area (Å²) >= 11 is 0. The minimum absolute atomic E-state index is 0.179. The van der Waals surface area contributed by atoms with Crippen molar-refractivity contribution >= 4 is 0 Å². The zero-order chi connectivity index (χ0) is 9.97. The van der Waals surface area contributed by atoms with Crippen molar-refractivity contribution in [3.05, 3.63) is 46.8 Å². The van der Waals surface area contributed by atoms with E-state index in [9.17, 15) is 4.79 Å².